The van der Waals surface area contributed by atoms with Crippen molar-refractivity contribution in [1.29, 1.82) is 0 Å². The van der Waals surface area contributed by atoms with Crippen LogP contribution >= 0.6 is 11.6 Å². The van der Waals surface area contributed by atoms with E-state index < -0.39 is 0 Å². The Balaban J connectivity index is 1.94. The van der Waals surface area contributed by atoms with Crippen LogP contribution in [-0.4, -0.2) is 42.8 Å². The van der Waals surface area contributed by atoms with Crippen LogP contribution in [0.4, 0.5) is 4.79 Å². The summed E-state index contributed by atoms with van der Waals surface area (Å²) >= 11 is 6.01. The van der Waals surface area contributed by atoms with Crippen LogP contribution in [0, 0.1) is 0 Å². The topological polar surface area (TPSA) is 52.6 Å². The lowest BCUT2D eigenvalue weighted by Crippen LogP contribution is -2.42. The van der Waals surface area contributed by atoms with Crippen molar-refractivity contribution in [2.45, 2.75) is 18.3 Å². The number of benzene rings is 1. The maximum absolute atomic E-state index is 11.8. The second-order valence-electron chi connectivity index (χ2n) is 5.09. The molecule has 2 amide bonds. The molecule has 0 atom stereocenters. The van der Waals surface area contributed by atoms with Gasteiger partial charge in [0.25, 0.3) is 0 Å². The quantitative estimate of drug-likeness (QED) is 0.868. The molecule has 5 heteroatoms. The smallest absolute Gasteiger partial charge is 0.317 e. The zero-order valence-corrected chi connectivity index (χ0v) is 11.8. The molecule has 0 bridgehead atoms. The van der Waals surface area contributed by atoms with E-state index in [1.54, 1.807) is 7.05 Å². The first-order chi connectivity index (χ1) is 9.07. The fraction of sp³-hybridized carbons (Fsp3) is 0.500. The summed E-state index contributed by atoms with van der Waals surface area (Å²) in [4.78, 5) is 13.3. The normalized spacial score (nSPS) is 15.9. The Morgan fingerprint density at radius 3 is 2.84 bits per heavy atom. The summed E-state index contributed by atoms with van der Waals surface area (Å²) in [6.45, 7) is 0.932. The molecule has 2 rings (SSSR count). The van der Waals surface area contributed by atoms with Gasteiger partial charge in [-0.05, 0) is 30.5 Å². The molecule has 1 aliphatic rings. The van der Waals surface area contributed by atoms with E-state index in [1.807, 2.05) is 18.2 Å². The van der Waals surface area contributed by atoms with Crippen LogP contribution in [0.1, 0.15) is 18.4 Å². The number of nitrogens with one attached hydrogen (secondary N) is 1. The summed E-state index contributed by atoms with van der Waals surface area (Å²) in [5, 5.41) is 12.4. The number of nitrogens with zero attached hydrogens (tertiary/aromatic N) is 1. The molecule has 1 fully saturated rings. The molecule has 19 heavy (non-hydrogen) atoms. The fourth-order valence-electron chi connectivity index (χ4n) is 2.17. The molecule has 0 aliphatic heterocycles. The van der Waals surface area contributed by atoms with Gasteiger partial charge in [0.2, 0.25) is 0 Å². The second-order valence-corrected chi connectivity index (χ2v) is 5.53. The van der Waals surface area contributed by atoms with Gasteiger partial charge < -0.3 is 15.3 Å². The lowest BCUT2D eigenvalue weighted by Gasteiger charge is -2.21. The number of rotatable bonds is 5. The van der Waals surface area contributed by atoms with Crippen molar-refractivity contribution in [2.75, 3.05) is 26.7 Å². The van der Waals surface area contributed by atoms with E-state index in [0.29, 0.717) is 13.1 Å². The summed E-state index contributed by atoms with van der Waals surface area (Å²) in [6.07, 6.45) is 2.13. The van der Waals surface area contributed by atoms with Gasteiger partial charge in [-0.2, -0.15) is 0 Å². The van der Waals surface area contributed by atoms with Gasteiger partial charge in [-0.3, -0.25) is 0 Å². The number of carbonyl (C=O) groups excluding carboxylic acids is 1. The van der Waals surface area contributed by atoms with Crippen LogP contribution < -0.4 is 5.32 Å². The van der Waals surface area contributed by atoms with Crippen LogP contribution in [0.15, 0.2) is 24.3 Å². The van der Waals surface area contributed by atoms with Gasteiger partial charge in [0, 0.05) is 30.6 Å². The van der Waals surface area contributed by atoms with E-state index in [2.05, 4.69) is 11.4 Å². The number of carbonyl (C=O) groups is 1. The number of urea groups is 1. The predicted octanol–water partition coefficient (Wildman–Crippen LogP) is 2.01. The van der Waals surface area contributed by atoms with Crippen molar-refractivity contribution < 1.29 is 9.90 Å². The summed E-state index contributed by atoms with van der Waals surface area (Å²) in [7, 11) is 1.67. The summed E-state index contributed by atoms with van der Waals surface area (Å²) in [5.74, 6) is 0. The van der Waals surface area contributed by atoms with Gasteiger partial charge in [-0.15, -0.1) is 0 Å². The molecular formula is C14H19ClN2O2. The van der Waals surface area contributed by atoms with Crippen molar-refractivity contribution in [3.63, 3.8) is 0 Å². The molecule has 0 saturated heterocycles. The third-order valence-electron chi connectivity index (χ3n) is 3.65. The largest absolute Gasteiger partial charge is 0.395 e. The highest BCUT2D eigenvalue weighted by molar-refractivity contribution is 6.30. The third kappa shape index (κ3) is 3.39. The SMILES string of the molecule is CN(CCO)C(=O)NCC1(c2cccc(Cl)c2)CC1. The maximum atomic E-state index is 11.8. The number of hydrogen-bond acceptors (Lipinski definition) is 2. The van der Waals surface area contributed by atoms with Crippen molar-refractivity contribution >= 4 is 17.6 Å². The maximum Gasteiger partial charge on any atom is 0.317 e. The van der Waals surface area contributed by atoms with Gasteiger partial charge in [-0.25, -0.2) is 4.79 Å². The van der Waals surface area contributed by atoms with E-state index >= 15 is 0 Å². The van der Waals surface area contributed by atoms with E-state index in [0.717, 1.165) is 17.9 Å². The molecule has 0 heterocycles. The van der Waals surface area contributed by atoms with Crippen molar-refractivity contribution in [3.8, 4) is 0 Å². The number of halogens is 1. The first-order valence-electron chi connectivity index (χ1n) is 6.43. The minimum atomic E-state index is -0.151. The molecule has 0 aromatic heterocycles. The molecule has 0 unspecified atom stereocenters. The Kier molecular flexibility index (Phi) is 4.32. The lowest BCUT2D eigenvalue weighted by atomic mass is 9.96. The van der Waals surface area contributed by atoms with Crippen molar-refractivity contribution in [3.05, 3.63) is 34.9 Å². The zero-order chi connectivity index (χ0) is 13.9. The fourth-order valence-corrected chi connectivity index (χ4v) is 2.36. The van der Waals surface area contributed by atoms with E-state index in [1.165, 1.54) is 10.5 Å². The van der Waals surface area contributed by atoms with Crippen LogP contribution in [0.2, 0.25) is 5.02 Å². The Morgan fingerprint density at radius 2 is 2.26 bits per heavy atom. The Labute approximate surface area is 118 Å². The van der Waals surface area contributed by atoms with E-state index in [4.69, 9.17) is 16.7 Å². The van der Waals surface area contributed by atoms with Gasteiger partial charge in [0.1, 0.15) is 0 Å². The van der Waals surface area contributed by atoms with Crippen molar-refractivity contribution in [2.24, 2.45) is 0 Å². The highest BCUT2D eigenvalue weighted by Crippen LogP contribution is 2.48. The number of aliphatic hydroxyl groups is 1. The van der Waals surface area contributed by atoms with Gasteiger partial charge >= 0.3 is 6.03 Å². The van der Waals surface area contributed by atoms with Crippen molar-refractivity contribution in [1.82, 2.24) is 10.2 Å². The minimum Gasteiger partial charge on any atom is -0.395 e. The highest BCUT2D eigenvalue weighted by Gasteiger charge is 2.44. The first-order valence-corrected chi connectivity index (χ1v) is 6.81. The Hall–Kier alpha value is -1.26. The molecule has 2 N–H and O–H groups in total. The number of hydrogen-bond donors (Lipinski definition) is 2. The standard InChI is InChI=1S/C14H19ClN2O2/c1-17(7-8-18)13(19)16-10-14(5-6-14)11-3-2-4-12(15)9-11/h2-4,9,18H,5-8,10H2,1H3,(H,16,19). The number of likely N-dealkylation sites (N-methyl/N-ethyl adjacent to an activating group) is 1. The van der Waals surface area contributed by atoms with E-state index in [9.17, 15) is 4.79 Å². The third-order valence-corrected chi connectivity index (χ3v) is 3.89. The Morgan fingerprint density at radius 1 is 1.53 bits per heavy atom. The second kappa shape index (κ2) is 5.80. The molecule has 4 nitrogen and oxygen atoms in total. The number of aliphatic hydroxyl groups excluding tert-OH is 1. The molecular weight excluding hydrogens is 264 g/mol. The molecule has 104 valence electrons. The predicted molar refractivity (Wildman–Crippen MR) is 75.5 cm³/mol. The molecule has 1 saturated carbocycles. The zero-order valence-electron chi connectivity index (χ0n) is 11.0. The highest BCUT2D eigenvalue weighted by atomic mass is 35.5. The summed E-state index contributed by atoms with van der Waals surface area (Å²) in [6, 6.07) is 7.68. The molecule has 1 aromatic rings. The average Bonchev–Trinajstić information content (AvgIpc) is 3.17. The van der Waals surface area contributed by atoms with Crippen LogP contribution in [0.3, 0.4) is 0 Å². The molecule has 1 aliphatic carbocycles. The van der Waals surface area contributed by atoms with Gasteiger partial charge in [0.15, 0.2) is 0 Å². The van der Waals surface area contributed by atoms with Gasteiger partial charge in [-0.1, -0.05) is 23.7 Å². The Bertz CT molecular complexity index is 461. The van der Waals surface area contributed by atoms with Crippen LogP contribution in [0.25, 0.3) is 0 Å². The molecule has 0 radical (unpaired) electrons. The minimum absolute atomic E-state index is 0.0244. The summed E-state index contributed by atoms with van der Waals surface area (Å²) in [5.41, 5.74) is 1.23. The summed E-state index contributed by atoms with van der Waals surface area (Å²) < 4.78 is 0. The monoisotopic (exact) mass is 282 g/mol. The first kappa shape index (κ1) is 14.2. The molecule has 0 spiro atoms. The van der Waals surface area contributed by atoms with Crippen LogP contribution in [-0.2, 0) is 5.41 Å². The lowest BCUT2D eigenvalue weighted by molar-refractivity contribution is 0.189. The number of amides is 2. The van der Waals surface area contributed by atoms with Crippen LogP contribution in [0.5, 0.6) is 0 Å². The van der Waals surface area contributed by atoms with Gasteiger partial charge in [0.05, 0.1) is 6.61 Å². The molecule has 1 aromatic carbocycles. The average molecular weight is 283 g/mol. The van der Waals surface area contributed by atoms with E-state index in [-0.39, 0.29) is 18.1 Å².